The van der Waals surface area contributed by atoms with Crippen LogP contribution >= 0.6 is 0 Å². The van der Waals surface area contributed by atoms with E-state index in [1.54, 1.807) is 3.58 Å². The third-order valence-corrected chi connectivity index (χ3v) is 25.5. The molecule has 17 heavy (non-hydrogen) atoms. The van der Waals surface area contributed by atoms with Crippen LogP contribution in [0, 0.1) is 0 Å². The zero-order valence-electron chi connectivity index (χ0n) is 11.5. The van der Waals surface area contributed by atoms with Crippen LogP contribution in [0.1, 0.15) is 5.56 Å². The van der Waals surface area contributed by atoms with Crippen molar-refractivity contribution in [1.82, 2.24) is 0 Å². The molecule has 1 aromatic rings. The molecule has 0 fully saturated rings. The van der Waals surface area contributed by atoms with Crippen LogP contribution in [0.4, 0.5) is 0 Å². The van der Waals surface area contributed by atoms with E-state index in [0.29, 0.717) is 0 Å². The number of fused-ring (bicyclic) bond motifs is 1. The third kappa shape index (κ3) is 2.45. The fourth-order valence-electron chi connectivity index (χ4n) is 3.00. The number of benzene rings is 1. The Hall–Kier alpha value is -0.284. The van der Waals surface area contributed by atoms with Crippen LogP contribution in [0.25, 0.3) is 6.08 Å². The maximum absolute atomic E-state index is 2.57. The monoisotopic (exact) mass is 350 g/mol. The Bertz CT molecular complexity index is 490. The summed E-state index contributed by atoms with van der Waals surface area (Å²) in [6.45, 7) is 7.46. The summed E-state index contributed by atoms with van der Waals surface area (Å²) in [4.78, 5) is 5.15. The Morgan fingerprint density at radius 3 is 2.29 bits per heavy atom. The fourth-order valence-corrected chi connectivity index (χ4v) is 28.7. The Balaban J connectivity index is 2.64. The van der Waals surface area contributed by atoms with Gasteiger partial charge in [0.1, 0.15) is 0 Å². The molecule has 0 unspecified atom stereocenters. The van der Waals surface area contributed by atoms with Gasteiger partial charge >= 0.3 is 111 Å². The summed E-state index contributed by atoms with van der Waals surface area (Å²) in [5.74, 6) is 0. The summed E-state index contributed by atoms with van der Waals surface area (Å²) in [6.07, 6.45) is 7.02. The zero-order valence-corrected chi connectivity index (χ0v) is 15.4. The van der Waals surface area contributed by atoms with Crippen molar-refractivity contribution in [2.75, 3.05) is 0 Å². The van der Waals surface area contributed by atoms with E-state index in [0.717, 1.165) is 0 Å². The van der Waals surface area contributed by atoms with Gasteiger partial charge in [0.25, 0.3) is 0 Å². The summed E-state index contributed by atoms with van der Waals surface area (Å²) in [5, 5.41) is 0. The van der Waals surface area contributed by atoms with Gasteiger partial charge in [-0.15, -0.1) is 0 Å². The van der Waals surface area contributed by atoms with E-state index in [2.05, 4.69) is 72.0 Å². The van der Waals surface area contributed by atoms with Crippen molar-refractivity contribution < 1.29 is 0 Å². The van der Waals surface area contributed by atoms with Crippen LogP contribution < -0.4 is 3.58 Å². The molecule has 0 radical (unpaired) electrons. The molecule has 1 heterocycles. The van der Waals surface area contributed by atoms with Crippen molar-refractivity contribution in [3.63, 3.8) is 0 Å². The van der Waals surface area contributed by atoms with Gasteiger partial charge in [-0.05, 0) is 0 Å². The van der Waals surface area contributed by atoms with Gasteiger partial charge in [0.05, 0.1) is 0 Å². The predicted molar refractivity (Wildman–Crippen MR) is 84.0 cm³/mol. The SMILES string of the molecule is C[Si](C)(C)[C]1=CC=Cc2cccc[c]2[Sn]1([CH3])[CH3]. The molecule has 0 aliphatic carbocycles. The Labute approximate surface area is 110 Å². The summed E-state index contributed by atoms with van der Waals surface area (Å²) in [5.41, 5.74) is 1.46. The van der Waals surface area contributed by atoms with E-state index in [4.69, 9.17) is 0 Å². The quantitative estimate of drug-likeness (QED) is 0.673. The van der Waals surface area contributed by atoms with E-state index in [9.17, 15) is 0 Å². The van der Waals surface area contributed by atoms with E-state index < -0.39 is 26.5 Å². The van der Waals surface area contributed by atoms with Gasteiger partial charge in [-0.2, -0.15) is 0 Å². The maximum atomic E-state index is 2.57. The molecule has 1 aromatic carbocycles. The fraction of sp³-hybridized carbons (Fsp3) is 0.333. The zero-order chi connectivity index (χ0) is 12.7. The number of hydrogen-bond acceptors (Lipinski definition) is 0. The second-order valence-electron chi connectivity index (χ2n) is 6.40. The van der Waals surface area contributed by atoms with Gasteiger partial charge in [-0.1, -0.05) is 0 Å². The predicted octanol–water partition coefficient (Wildman–Crippen LogP) is 3.97. The molecule has 2 rings (SSSR count). The molecule has 0 nitrogen and oxygen atoms in total. The topological polar surface area (TPSA) is 0 Å². The average molecular weight is 349 g/mol. The van der Waals surface area contributed by atoms with Gasteiger partial charge in [0.2, 0.25) is 0 Å². The molecule has 1 aliphatic rings. The normalized spacial score (nSPS) is 18.3. The first-order valence-electron chi connectivity index (χ1n) is 6.32. The van der Waals surface area contributed by atoms with E-state index in [1.807, 2.05) is 3.21 Å². The molecule has 0 atom stereocenters. The summed E-state index contributed by atoms with van der Waals surface area (Å²) in [6, 6.07) is 9.00. The van der Waals surface area contributed by atoms with Crippen molar-refractivity contribution >= 4 is 36.1 Å². The Morgan fingerprint density at radius 1 is 1.00 bits per heavy atom. The minimum absolute atomic E-state index is 1.19. The summed E-state index contributed by atoms with van der Waals surface area (Å²) < 4.78 is 3.51. The van der Waals surface area contributed by atoms with Crippen molar-refractivity contribution in [3.05, 3.63) is 45.2 Å². The Kier molecular flexibility index (Phi) is 3.43. The summed E-state index contributed by atoms with van der Waals surface area (Å²) in [7, 11) is -1.19. The molecule has 1 aliphatic heterocycles. The molecular formula is C15H22SiSn. The van der Waals surface area contributed by atoms with Crippen LogP contribution in [-0.2, 0) is 0 Å². The van der Waals surface area contributed by atoms with Crippen LogP contribution in [-0.4, -0.2) is 26.5 Å². The van der Waals surface area contributed by atoms with Gasteiger partial charge in [-0.3, -0.25) is 0 Å². The second kappa shape index (κ2) is 4.43. The molecule has 90 valence electrons. The van der Waals surface area contributed by atoms with Crippen LogP contribution in [0.2, 0.25) is 29.5 Å². The van der Waals surface area contributed by atoms with Crippen molar-refractivity contribution in [3.8, 4) is 0 Å². The van der Waals surface area contributed by atoms with E-state index in [1.165, 1.54) is 5.56 Å². The first kappa shape index (κ1) is 13.2. The van der Waals surface area contributed by atoms with Crippen LogP contribution in [0.3, 0.4) is 0 Å². The summed E-state index contributed by atoms with van der Waals surface area (Å²) >= 11 is -2.30. The Morgan fingerprint density at radius 2 is 1.65 bits per heavy atom. The number of hydrogen-bond donors (Lipinski definition) is 0. The van der Waals surface area contributed by atoms with Crippen molar-refractivity contribution in [1.29, 1.82) is 0 Å². The van der Waals surface area contributed by atoms with Crippen molar-refractivity contribution in [2.24, 2.45) is 0 Å². The molecule has 0 N–H and O–H groups in total. The van der Waals surface area contributed by atoms with Gasteiger partial charge in [-0.25, -0.2) is 0 Å². The van der Waals surface area contributed by atoms with Crippen molar-refractivity contribution in [2.45, 2.75) is 29.5 Å². The first-order chi connectivity index (χ1) is 7.83. The third-order valence-electron chi connectivity index (χ3n) is 3.65. The minimum atomic E-state index is -2.30. The molecule has 0 spiro atoms. The van der Waals surface area contributed by atoms with E-state index in [-0.39, 0.29) is 0 Å². The number of rotatable bonds is 1. The number of allylic oxidation sites excluding steroid dienone is 2. The molecule has 0 saturated carbocycles. The average Bonchev–Trinajstić information content (AvgIpc) is 2.35. The van der Waals surface area contributed by atoms with Crippen LogP contribution in [0.15, 0.2) is 39.6 Å². The molecule has 0 saturated heterocycles. The van der Waals surface area contributed by atoms with Crippen LogP contribution in [0.5, 0.6) is 0 Å². The molecule has 2 heteroatoms. The standard InChI is InChI=1S/C13H16Si.2CH3.Sn/c1-14(2,3)12-8-7-11-13-9-5-4-6-10-13;;;/h4-9,11H,1-3H3;2*1H3;. The molecule has 0 aromatic heterocycles. The van der Waals surface area contributed by atoms with Gasteiger partial charge < -0.3 is 0 Å². The van der Waals surface area contributed by atoms with E-state index >= 15 is 0 Å². The van der Waals surface area contributed by atoms with Gasteiger partial charge in [0, 0.05) is 0 Å². The molecular weight excluding hydrogens is 327 g/mol. The first-order valence-corrected chi connectivity index (χ1v) is 18.4. The second-order valence-corrected chi connectivity index (χ2v) is 25.2. The molecule has 0 amide bonds. The molecule has 0 bridgehead atoms. The van der Waals surface area contributed by atoms with Gasteiger partial charge in [0.15, 0.2) is 0 Å².